The first-order chi connectivity index (χ1) is 7.74. The molecule has 0 aliphatic rings. The highest BCUT2D eigenvalue weighted by Crippen LogP contribution is 2.25. The van der Waals surface area contributed by atoms with Crippen molar-refractivity contribution >= 4 is 5.78 Å². The molecule has 0 spiro atoms. The maximum atomic E-state index is 11.8. The van der Waals surface area contributed by atoms with Gasteiger partial charge in [0.05, 0.1) is 19.3 Å². The number of methoxy groups -OCH3 is 2. The fourth-order valence-corrected chi connectivity index (χ4v) is 1.58. The molecule has 0 saturated carbocycles. The largest absolute Gasteiger partial charge is 0.496 e. The molecule has 0 unspecified atom stereocenters. The molecule has 1 aromatic carbocycles. The summed E-state index contributed by atoms with van der Waals surface area (Å²) >= 11 is 0. The molecule has 2 N–H and O–H groups in total. The Kier molecular flexibility index (Phi) is 4.95. The van der Waals surface area contributed by atoms with Crippen molar-refractivity contribution in [1.82, 2.24) is 0 Å². The fraction of sp³-hybridized carbons (Fsp3) is 0.417. The number of ether oxygens (including phenoxy) is 2. The third kappa shape index (κ3) is 2.81. The second-order valence-electron chi connectivity index (χ2n) is 3.39. The highest BCUT2D eigenvalue weighted by atomic mass is 16.5. The van der Waals surface area contributed by atoms with Gasteiger partial charge in [-0.15, -0.1) is 0 Å². The van der Waals surface area contributed by atoms with E-state index >= 15 is 0 Å². The number of ketones is 1. The van der Waals surface area contributed by atoms with E-state index in [9.17, 15) is 4.79 Å². The van der Waals surface area contributed by atoms with Crippen LogP contribution in [0.5, 0.6) is 5.75 Å². The van der Waals surface area contributed by atoms with Crippen LogP contribution in [-0.2, 0) is 11.3 Å². The number of carbonyl (C=O) groups is 1. The number of carbonyl (C=O) groups excluding carboxylic acids is 1. The summed E-state index contributed by atoms with van der Waals surface area (Å²) in [6, 6.07) is 5.44. The van der Waals surface area contributed by atoms with Gasteiger partial charge in [-0.3, -0.25) is 4.79 Å². The van der Waals surface area contributed by atoms with E-state index in [1.807, 2.05) is 12.1 Å². The van der Waals surface area contributed by atoms with Crippen LogP contribution in [-0.4, -0.2) is 26.5 Å². The average molecular weight is 223 g/mol. The van der Waals surface area contributed by atoms with E-state index < -0.39 is 0 Å². The van der Waals surface area contributed by atoms with Crippen molar-refractivity contribution in [2.75, 3.05) is 20.8 Å². The van der Waals surface area contributed by atoms with Gasteiger partial charge in [0.25, 0.3) is 0 Å². The Morgan fingerprint density at radius 3 is 2.69 bits per heavy atom. The van der Waals surface area contributed by atoms with Crippen LogP contribution in [0.2, 0.25) is 0 Å². The maximum Gasteiger partial charge on any atom is 0.167 e. The smallest absolute Gasteiger partial charge is 0.167 e. The van der Waals surface area contributed by atoms with Crippen molar-refractivity contribution in [2.45, 2.75) is 13.0 Å². The normalized spacial score (nSPS) is 10.2. The van der Waals surface area contributed by atoms with Gasteiger partial charge in [-0.1, -0.05) is 12.1 Å². The van der Waals surface area contributed by atoms with Crippen molar-refractivity contribution in [3.05, 3.63) is 29.3 Å². The van der Waals surface area contributed by atoms with E-state index in [1.54, 1.807) is 20.3 Å². The van der Waals surface area contributed by atoms with Gasteiger partial charge in [0.1, 0.15) is 5.75 Å². The number of hydrogen-bond donors (Lipinski definition) is 1. The lowest BCUT2D eigenvalue weighted by molar-refractivity contribution is 0.0982. The van der Waals surface area contributed by atoms with E-state index in [4.69, 9.17) is 15.2 Å². The predicted molar refractivity (Wildman–Crippen MR) is 61.7 cm³/mol. The second-order valence-corrected chi connectivity index (χ2v) is 3.39. The van der Waals surface area contributed by atoms with Gasteiger partial charge in [0.2, 0.25) is 0 Å². The number of nitrogens with two attached hydrogens (primary N) is 1. The quantitative estimate of drug-likeness (QED) is 0.740. The van der Waals surface area contributed by atoms with Crippen molar-refractivity contribution in [1.29, 1.82) is 0 Å². The van der Waals surface area contributed by atoms with Crippen LogP contribution in [0.25, 0.3) is 0 Å². The molecule has 88 valence electrons. The molecule has 0 fully saturated rings. The first-order valence-corrected chi connectivity index (χ1v) is 5.12. The van der Waals surface area contributed by atoms with Crippen LogP contribution in [0.4, 0.5) is 0 Å². The Morgan fingerprint density at radius 2 is 2.12 bits per heavy atom. The maximum absolute atomic E-state index is 11.8. The summed E-state index contributed by atoms with van der Waals surface area (Å²) in [6.07, 6.45) is 0.326. The molecule has 0 atom stereocenters. The summed E-state index contributed by atoms with van der Waals surface area (Å²) in [4.78, 5) is 11.8. The van der Waals surface area contributed by atoms with Crippen LogP contribution in [0.15, 0.2) is 18.2 Å². The van der Waals surface area contributed by atoms with E-state index in [0.717, 1.165) is 5.56 Å². The zero-order chi connectivity index (χ0) is 12.0. The molecule has 0 aromatic heterocycles. The van der Waals surface area contributed by atoms with Gasteiger partial charge in [-0.25, -0.2) is 0 Å². The molecule has 4 nitrogen and oxygen atoms in total. The Balaban J connectivity index is 3.08. The number of para-hydroxylation sites is 1. The fourth-order valence-electron chi connectivity index (χ4n) is 1.58. The van der Waals surface area contributed by atoms with E-state index in [-0.39, 0.29) is 5.78 Å². The first-order valence-electron chi connectivity index (χ1n) is 5.12. The van der Waals surface area contributed by atoms with Gasteiger partial charge in [0, 0.05) is 19.1 Å². The van der Waals surface area contributed by atoms with Crippen LogP contribution in [0.3, 0.4) is 0 Å². The zero-order valence-electron chi connectivity index (χ0n) is 9.66. The van der Waals surface area contributed by atoms with Crippen molar-refractivity contribution < 1.29 is 14.3 Å². The molecule has 1 rings (SSSR count). The van der Waals surface area contributed by atoms with E-state index in [1.165, 1.54) is 0 Å². The summed E-state index contributed by atoms with van der Waals surface area (Å²) in [6.45, 7) is 0.767. The monoisotopic (exact) mass is 223 g/mol. The van der Waals surface area contributed by atoms with Crippen LogP contribution >= 0.6 is 0 Å². The average Bonchev–Trinajstić information content (AvgIpc) is 2.29. The molecule has 0 heterocycles. The van der Waals surface area contributed by atoms with Gasteiger partial charge in [-0.2, -0.15) is 0 Å². The molecular formula is C12H17NO3. The molecule has 0 bridgehead atoms. The number of benzene rings is 1. The topological polar surface area (TPSA) is 61.5 Å². The summed E-state index contributed by atoms with van der Waals surface area (Å²) in [5.41, 5.74) is 6.81. The van der Waals surface area contributed by atoms with Crippen molar-refractivity contribution in [2.24, 2.45) is 5.73 Å². The standard InChI is InChI=1S/C12H17NO3/c1-15-8-9-4-3-5-10(12(9)16-2)11(14)6-7-13/h3-5H,6-8,13H2,1-2H3. The number of rotatable bonds is 6. The Morgan fingerprint density at radius 1 is 1.38 bits per heavy atom. The van der Waals surface area contributed by atoms with Gasteiger partial charge in [-0.05, 0) is 12.6 Å². The molecule has 0 aliphatic carbocycles. The first kappa shape index (κ1) is 12.7. The summed E-state index contributed by atoms with van der Waals surface area (Å²) in [5, 5.41) is 0. The SMILES string of the molecule is COCc1cccc(C(=O)CCN)c1OC. The molecule has 0 saturated heterocycles. The predicted octanol–water partition coefficient (Wildman–Crippen LogP) is 1.37. The highest BCUT2D eigenvalue weighted by molar-refractivity contribution is 5.99. The summed E-state index contributed by atoms with van der Waals surface area (Å²) in [5.74, 6) is 0.583. The molecular weight excluding hydrogens is 206 g/mol. The second kappa shape index (κ2) is 6.25. The van der Waals surface area contributed by atoms with Crippen LogP contribution in [0, 0.1) is 0 Å². The Labute approximate surface area is 95.3 Å². The highest BCUT2D eigenvalue weighted by Gasteiger charge is 2.14. The van der Waals surface area contributed by atoms with Crippen LogP contribution < -0.4 is 10.5 Å². The van der Waals surface area contributed by atoms with E-state index in [2.05, 4.69) is 0 Å². The molecule has 0 radical (unpaired) electrons. The van der Waals surface area contributed by atoms with Crippen molar-refractivity contribution in [3.63, 3.8) is 0 Å². The zero-order valence-corrected chi connectivity index (χ0v) is 9.66. The van der Waals surface area contributed by atoms with Gasteiger partial charge in [0.15, 0.2) is 5.78 Å². The lowest BCUT2D eigenvalue weighted by Crippen LogP contribution is -2.10. The third-order valence-electron chi connectivity index (χ3n) is 2.27. The minimum absolute atomic E-state index is 0.00250. The number of Topliss-reactive ketones (excluding diaryl/α,β-unsaturated/α-hetero) is 1. The van der Waals surface area contributed by atoms with Gasteiger partial charge >= 0.3 is 0 Å². The third-order valence-corrected chi connectivity index (χ3v) is 2.27. The molecule has 1 aromatic rings. The minimum atomic E-state index is -0.00250. The molecule has 4 heteroatoms. The van der Waals surface area contributed by atoms with Gasteiger partial charge < -0.3 is 15.2 Å². The molecule has 16 heavy (non-hydrogen) atoms. The lowest BCUT2D eigenvalue weighted by atomic mass is 10.0. The minimum Gasteiger partial charge on any atom is -0.496 e. The summed E-state index contributed by atoms with van der Waals surface area (Å²) in [7, 11) is 3.15. The van der Waals surface area contributed by atoms with Crippen molar-refractivity contribution in [3.8, 4) is 5.75 Å². The van der Waals surface area contributed by atoms with E-state index in [0.29, 0.717) is 30.9 Å². The van der Waals surface area contributed by atoms with Crippen LogP contribution in [0.1, 0.15) is 22.3 Å². The summed E-state index contributed by atoms with van der Waals surface area (Å²) < 4.78 is 10.3. The Hall–Kier alpha value is -1.39. The number of hydrogen-bond acceptors (Lipinski definition) is 4. The molecule has 0 aliphatic heterocycles. The molecule has 0 amide bonds. The lowest BCUT2D eigenvalue weighted by Gasteiger charge is -2.12. The Bertz CT molecular complexity index is 363.